The van der Waals surface area contributed by atoms with Crippen molar-refractivity contribution in [1.82, 2.24) is 15.1 Å². The first-order valence-electron chi connectivity index (χ1n) is 9.33. The summed E-state index contributed by atoms with van der Waals surface area (Å²) in [6.07, 6.45) is 7.50. The molecule has 1 N–H and O–H groups in total. The van der Waals surface area contributed by atoms with E-state index >= 15 is 0 Å². The van der Waals surface area contributed by atoms with Crippen molar-refractivity contribution >= 4 is 11.8 Å². The van der Waals surface area contributed by atoms with Crippen molar-refractivity contribution in [1.29, 1.82) is 5.26 Å². The van der Waals surface area contributed by atoms with Crippen molar-refractivity contribution in [3.63, 3.8) is 0 Å². The zero-order valence-corrected chi connectivity index (χ0v) is 15.2. The zero-order chi connectivity index (χ0) is 18.6. The van der Waals surface area contributed by atoms with Crippen LogP contribution in [0.15, 0.2) is 23.0 Å². The van der Waals surface area contributed by atoms with Gasteiger partial charge >= 0.3 is 0 Å². The van der Waals surface area contributed by atoms with Gasteiger partial charge in [0.15, 0.2) is 0 Å². The van der Waals surface area contributed by atoms with E-state index in [0.29, 0.717) is 31.7 Å². The van der Waals surface area contributed by atoms with Crippen LogP contribution in [0.4, 0.5) is 0 Å². The Balaban J connectivity index is 1.53. The summed E-state index contributed by atoms with van der Waals surface area (Å²) in [5.74, 6) is -0.135. The predicted octanol–water partition coefficient (Wildman–Crippen LogP) is 1.77. The molecular weight excluding hydrogens is 332 g/mol. The molecule has 1 aromatic heterocycles. The Labute approximate surface area is 153 Å². The van der Waals surface area contributed by atoms with Gasteiger partial charge in [0.05, 0.1) is 23.9 Å². The van der Waals surface area contributed by atoms with E-state index in [2.05, 4.69) is 16.3 Å². The second-order valence-corrected chi connectivity index (χ2v) is 7.26. The van der Waals surface area contributed by atoms with Gasteiger partial charge in [-0.2, -0.15) is 5.26 Å². The summed E-state index contributed by atoms with van der Waals surface area (Å²) in [6, 6.07) is 3.68. The highest BCUT2D eigenvalue weighted by atomic mass is 16.3. The molecule has 0 spiro atoms. The third kappa shape index (κ3) is 3.91. The Morgan fingerprint density at radius 1 is 1.23 bits per heavy atom. The van der Waals surface area contributed by atoms with E-state index < -0.39 is 5.54 Å². The van der Waals surface area contributed by atoms with Crippen molar-refractivity contribution in [2.24, 2.45) is 0 Å². The third-order valence-electron chi connectivity index (χ3n) is 5.58. The van der Waals surface area contributed by atoms with Crippen LogP contribution >= 0.6 is 0 Å². The number of nitrogens with one attached hydrogen (secondary N) is 1. The van der Waals surface area contributed by atoms with Crippen LogP contribution in [0.25, 0.3) is 0 Å². The SMILES string of the molecule is CC(C(=O)NC1(C#N)CCCCC1)N1CCN(C(=O)c2ccoc2)CC1. The van der Waals surface area contributed by atoms with E-state index in [-0.39, 0.29) is 17.9 Å². The number of rotatable bonds is 4. The number of nitrogens with zero attached hydrogens (tertiary/aromatic N) is 3. The minimum Gasteiger partial charge on any atom is -0.472 e. The van der Waals surface area contributed by atoms with Gasteiger partial charge in [-0.25, -0.2) is 0 Å². The summed E-state index contributed by atoms with van der Waals surface area (Å²) >= 11 is 0. The molecule has 1 aliphatic carbocycles. The fourth-order valence-corrected chi connectivity index (χ4v) is 3.81. The van der Waals surface area contributed by atoms with Crippen LogP contribution < -0.4 is 5.32 Å². The van der Waals surface area contributed by atoms with E-state index in [1.165, 1.54) is 12.5 Å². The second kappa shape index (κ2) is 7.92. The summed E-state index contributed by atoms with van der Waals surface area (Å²) in [6.45, 7) is 4.29. The molecule has 1 unspecified atom stereocenters. The van der Waals surface area contributed by atoms with Gasteiger partial charge in [-0.15, -0.1) is 0 Å². The lowest BCUT2D eigenvalue weighted by atomic mass is 9.82. The minimum atomic E-state index is -0.706. The second-order valence-electron chi connectivity index (χ2n) is 7.26. The highest BCUT2D eigenvalue weighted by Gasteiger charge is 2.36. The number of furan rings is 1. The molecule has 7 heteroatoms. The Morgan fingerprint density at radius 3 is 2.50 bits per heavy atom. The lowest BCUT2D eigenvalue weighted by molar-refractivity contribution is -0.128. The summed E-state index contributed by atoms with van der Waals surface area (Å²) in [4.78, 5) is 28.9. The highest BCUT2D eigenvalue weighted by Crippen LogP contribution is 2.27. The summed E-state index contributed by atoms with van der Waals surface area (Å²) in [5, 5.41) is 12.5. The molecule has 1 aliphatic heterocycles. The van der Waals surface area contributed by atoms with Crippen molar-refractivity contribution in [3.05, 3.63) is 24.2 Å². The van der Waals surface area contributed by atoms with Crippen LogP contribution in [-0.2, 0) is 4.79 Å². The number of hydrogen-bond acceptors (Lipinski definition) is 5. The Kier molecular flexibility index (Phi) is 5.62. The zero-order valence-electron chi connectivity index (χ0n) is 15.2. The highest BCUT2D eigenvalue weighted by molar-refractivity contribution is 5.93. The first-order valence-corrected chi connectivity index (χ1v) is 9.33. The lowest BCUT2D eigenvalue weighted by Crippen LogP contribution is -2.58. The number of nitriles is 1. The molecule has 0 aromatic carbocycles. The van der Waals surface area contributed by atoms with Gasteiger partial charge in [-0.1, -0.05) is 19.3 Å². The summed E-state index contributed by atoms with van der Waals surface area (Å²) in [7, 11) is 0. The number of carbonyl (C=O) groups is 2. The molecular formula is C19H26N4O3. The predicted molar refractivity (Wildman–Crippen MR) is 95.2 cm³/mol. The van der Waals surface area contributed by atoms with Crippen molar-refractivity contribution < 1.29 is 14.0 Å². The van der Waals surface area contributed by atoms with Crippen LogP contribution in [0.2, 0.25) is 0 Å². The molecule has 2 fully saturated rings. The maximum absolute atomic E-state index is 12.7. The molecule has 2 amide bonds. The molecule has 2 heterocycles. The van der Waals surface area contributed by atoms with E-state index in [1.54, 1.807) is 11.0 Å². The monoisotopic (exact) mass is 358 g/mol. The molecule has 0 radical (unpaired) electrons. The normalized spacial score (nSPS) is 21.6. The molecule has 0 bridgehead atoms. The molecule has 140 valence electrons. The quantitative estimate of drug-likeness (QED) is 0.886. The number of hydrogen-bond donors (Lipinski definition) is 1. The number of carbonyl (C=O) groups excluding carboxylic acids is 2. The molecule has 3 rings (SSSR count). The van der Waals surface area contributed by atoms with Gasteiger partial charge in [0, 0.05) is 26.2 Å². The van der Waals surface area contributed by atoms with Crippen LogP contribution in [0.5, 0.6) is 0 Å². The fraction of sp³-hybridized carbons (Fsp3) is 0.632. The van der Waals surface area contributed by atoms with E-state index in [4.69, 9.17) is 4.42 Å². The maximum atomic E-state index is 12.7. The van der Waals surface area contributed by atoms with Crippen molar-refractivity contribution in [2.45, 2.75) is 50.6 Å². The standard InChI is InChI=1S/C19H26N4O3/c1-15(17(24)21-19(14-20)6-3-2-4-7-19)22-8-10-23(11-9-22)18(25)16-5-12-26-13-16/h5,12-13,15H,2-4,6-11H2,1H3,(H,21,24). The smallest absolute Gasteiger partial charge is 0.257 e. The van der Waals surface area contributed by atoms with Gasteiger partial charge in [0.2, 0.25) is 5.91 Å². The lowest BCUT2D eigenvalue weighted by Gasteiger charge is -2.39. The summed E-state index contributed by atoms with van der Waals surface area (Å²) < 4.78 is 4.97. The molecule has 1 atom stereocenters. The van der Waals surface area contributed by atoms with Crippen LogP contribution in [0.1, 0.15) is 49.4 Å². The van der Waals surface area contributed by atoms with Gasteiger partial charge in [-0.3, -0.25) is 14.5 Å². The topological polar surface area (TPSA) is 89.6 Å². The average molecular weight is 358 g/mol. The number of piperazine rings is 1. The molecule has 2 aliphatic rings. The summed E-state index contributed by atoms with van der Waals surface area (Å²) in [5.41, 5.74) is -0.152. The first-order chi connectivity index (χ1) is 12.5. The average Bonchev–Trinajstić information content (AvgIpc) is 3.22. The van der Waals surface area contributed by atoms with Gasteiger partial charge in [0.25, 0.3) is 5.91 Å². The maximum Gasteiger partial charge on any atom is 0.257 e. The minimum absolute atomic E-state index is 0.0406. The van der Waals surface area contributed by atoms with Crippen molar-refractivity contribution in [2.75, 3.05) is 26.2 Å². The molecule has 1 saturated heterocycles. The van der Waals surface area contributed by atoms with Crippen LogP contribution in [0, 0.1) is 11.3 Å². The Bertz CT molecular complexity index is 665. The first kappa shape index (κ1) is 18.5. The Hall–Kier alpha value is -2.33. The third-order valence-corrected chi connectivity index (χ3v) is 5.58. The van der Waals surface area contributed by atoms with Gasteiger partial charge in [-0.05, 0) is 25.8 Å². The Morgan fingerprint density at radius 2 is 1.92 bits per heavy atom. The van der Waals surface area contributed by atoms with E-state index in [0.717, 1.165) is 32.1 Å². The molecule has 7 nitrogen and oxygen atoms in total. The van der Waals surface area contributed by atoms with E-state index in [9.17, 15) is 14.9 Å². The van der Waals surface area contributed by atoms with E-state index in [1.807, 2.05) is 6.92 Å². The fourth-order valence-electron chi connectivity index (χ4n) is 3.81. The largest absolute Gasteiger partial charge is 0.472 e. The van der Waals surface area contributed by atoms with Gasteiger partial charge in [0.1, 0.15) is 11.8 Å². The molecule has 1 aromatic rings. The van der Waals surface area contributed by atoms with Gasteiger partial charge < -0.3 is 14.6 Å². The molecule has 26 heavy (non-hydrogen) atoms. The van der Waals surface area contributed by atoms with Crippen LogP contribution in [-0.4, -0.2) is 59.4 Å². The molecule has 1 saturated carbocycles. The van der Waals surface area contributed by atoms with Crippen LogP contribution in [0.3, 0.4) is 0 Å². The number of amides is 2. The van der Waals surface area contributed by atoms with Crippen molar-refractivity contribution in [3.8, 4) is 6.07 Å².